The van der Waals surface area contributed by atoms with Crippen LogP contribution in [0.2, 0.25) is 0 Å². The lowest BCUT2D eigenvalue weighted by molar-refractivity contribution is 0.274. The Morgan fingerprint density at radius 1 is 0.957 bits per heavy atom. The monoisotopic (exact) mass is 324 g/mol. The summed E-state index contributed by atoms with van der Waals surface area (Å²) in [6.45, 7) is 4.68. The minimum absolute atomic E-state index is 0.204. The zero-order chi connectivity index (χ0) is 16.7. The van der Waals surface area contributed by atoms with Crippen LogP contribution in [0.1, 0.15) is 83.1 Å². The molecular formula is C20H30F2O. The third kappa shape index (κ3) is 5.19. The van der Waals surface area contributed by atoms with Crippen LogP contribution in [-0.4, -0.2) is 6.61 Å². The Bertz CT molecular complexity index is 456. The smallest absolute Gasteiger partial charge is 0.190 e. The van der Waals surface area contributed by atoms with Gasteiger partial charge in [-0.1, -0.05) is 39.5 Å². The van der Waals surface area contributed by atoms with Gasteiger partial charge in [0.05, 0.1) is 6.61 Å². The first-order chi connectivity index (χ1) is 11.2. The highest BCUT2D eigenvalue weighted by Gasteiger charge is 2.24. The lowest BCUT2D eigenvalue weighted by Crippen LogP contribution is -2.14. The number of unbranched alkanes of at least 4 members (excludes halogenated alkanes) is 2. The van der Waals surface area contributed by atoms with Crippen molar-refractivity contribution in [2.45, 2.75) is 77.6 Å². The number of ether oxygens (including phenoxy) is 1. The summed E-state index contributed by atoms with van der Waals surface area (Å²) in [5.74, 6) is -0.211. The van der Waals surface area contributed by atoms with Gasteiger partial charge in [-0.15, -0.1) is 0 Å². The van der Waals surface area contributed by atoms with Crippen LogP contribution in [0.5, 0.6) is 5.75 Å². The fourth-order valence-corrected chi connectivity index (χ4v) is 3.67. The summed E-state index contributed by atoms with van der Waals surface area (Å²) in [4.78, 5) is 0. The van der Waals surface area contributed by atoms with E-state index in [0.717, 1.165) is 43.6 Å². The molecule has 1 aromatic rings. The Morgan fingerprint density at radius 3 is 2.17 bits per heavy atom. The van der Waals surface area contributed by atoms with Crippen LogP contribution in [0, 0.1) is 17.6 Å². The number of halogens is 2. The van der Waals surface area contributed by atoms with E-state index in [1.807, 2.05) is 0 Å². The highest BCUT2D eigenvalue weighted by molar-refractivity contribution is 5.33. The molecule has 0 saturated heterocycles. The molecule has 0 aromatic heterocycles. The molecule has 0 amide bonds. The zero-order valence-corrected chi connectivity index (χ0v) is 14.5. The van der Waals surface area contributed by atoms with Gasteiger partial charge in [0.2, 0.25) is 0 Å². The van der Waals surface area contributed by atoms with Crippen molar-refractivity contribution in [3.8, 4) is 5.75 Å². The van der Waals surface area contributed by atoms with Crippen molar-refractivity contribution in [1.82, 2.24) is 0 Å². The molecule has 0 bridgehead atoms. The molecule has 0 radical (unpaired) electrons. The zero-order valence-electron chi connectivity index (χ0n) is 14.5. The van der Waals surface area contributed by atoms with Gasteiger partial charge in [0, 0.05) is 0 Å². The van der Waals surface area contributed by atoms with Gasteiger partial charge < -0.3 is 4.74 Å². The molecule has 2 rings (SSSR count). The van der Waals surface area contributed by atoms with Gasteiger partial charge in [-0.2, -0.15) is 0 Å². The molecule has 1 aromatic carbocycles. The Balaban J connectivity index is 1.96. The van der Waals surface area contributed by atoms with Crippen molar-refractivity contribution in [3.63, 3.8) is 0 Å². The van der Waals surface area contributed by atoms with Crippen LogP contribution < -0.4 is 4.74 Å². The van der Waals surface area contributed by atoms with Gasteiger partial charge in [-0.05, 0) is 61.6 Å². The number of rotatable bonds is 8. The van der Waals surface area contributed by atoms with E-state index in [9.17, 15) is 8.78 Å². The van der Waals surface area contributed by atoms with Crippen molar-refractivity contribution in [1.29, 1.82) is 0 Å². The van der Waals surface area contributed by atoms with Gasteiger partial charge >= 0.3 is 0 Å². The third-order valence-corrected chi connectivity index (χ3v) is 5.03. The predicted molar refractivity (Wildman–Crippen MR) is 91.0 cm³/mol. The molecule has 130 valence electrons. The number of hydrogen-bond acceptors (Lipinski definition) is 1. The largest absolute Gasteiger partial charge is 0.488 e. The topological polar surface area (TPSA) is 9.23 Å². The molecule has 1 fully saturated rings. The van der Waals surface area contributed by atoms with Crippen molar-refractivity contribution in [2.75, 3.05) is 6.61 Å². The van der Waals surface area contributed by atoms with Crippen LogP contribution in [0.25, 0.3) is 0 Å². The van der Waals surface area contributed by atoms with Crippen molar-refractivity contribution >= 4 is 0 Å². The van der Waals surface area contributed by atoms with Gasteiger partial charge in [-0.3, -0.25) is 0 Å². The molecule has 1 aliphatic rings. The molecule has 0 heterocycles. The molecule has 1 saturated carbocycles. The quantitative estimate of drug-likeness (QED) is 0.489. The number of hydrogen-bond donors (Lipinski definition) is 0. The number of benzene rings is 1. The second-order valence-corrected chi connectivity index (χ2v) is 6.88. The lowest BCUT2D eigenvalue weighted by atomic mass is 9.77. The van der Waals surface area contributed by atoms with E-state index in [0.29, 0.717) is 12.5 Å². The summed E-state index contributed by atoms with van der Waals surface area (Å²) in [5, 5.41) is 0. The maximum atomic E-state index is 14.2. The third-order valence-electron chi connectivity index (χ3n) is 5.03. The second kappa shape index (κ2) is 9.24. The van der Waals surface area contributed by atoms with E-state index < -0.39 is 11.6 Å². The van der Waals surface area contributed by atoms with Gasteiger partial charge in [0.1, 0.15) is 0 Å². The van der Waals surface area contributed by atoms with Gasteiger partial charge in [-0.25, -0.2) is 8.78 Å². The SMILES string of the molecule is CCCCCOc1c(F)cc(C2CCC(CCC)CC2)cc1F. The van der Waals surface area contributed by atoms with Crippen LogP contribution in [0.3, 0.4) is 0 Å². The van der Waals surface area contributed by atoms with Crippen LogP contribution in [0.15, 0.2) is 12.1 Å². The Morgan fingerprint density at radius 2 is 1.61 bits per heavy atom. The maximum absolute atomic E-state index is 14.2. The summed E-state index contributed by atoms with van der Waals surface area (Å²) < 4.78 is 33.7. The first kappa shape index (κ1) is 18.2. The summed E-state index contributed by atoms with van der Waals surface area (Å²) in [6.07, 6.45) is 9.85. The summed E-state index contributed by atoms with van der Waals surface area (Å²) >= 11 is 0. The molecule has 0 spiro atoms. The Labute approximate surface area is 139 Å². The van der Waals surface area contributed by atoms with E-state index in [1.54, 1.807) is 0 Å². The standard InChI is InChI=1S/C20H30F2O/c1-3-5-6-12-23-20-18(21)13-17(14-19(20)22)16-10-8-15(7-4-2)9-11-16/h13-16H,3-12H2,1-2H3. The lowest BCUT2D eigenvalue weighted by Gasteiger charge is -2.28. The fourth-order valence-electron chi connectivity index (χ4n) is 3.67. The van der Waals surface area contributed by atoms with E-state index in [-0.39, 0.29) is 5.75 Å². The first-order valence-electron chi connectivity index (χ1n) is 9.27. The summed E-state index contributed by atoms with van der Waals surface area (Å²) in [6, 6.07) is 2.98. The minimum atomic E-state index is -0.549. The van der Waals surface area contributed by atoms with Crippen LogP contribution in [-0.2, 0) is 0 Å². The van der Waals surface area contributed by atoms with Crippen molar-refractivity contribution in [2.24, 2.45) is 5.92 Å². The molecule has 1 aliphatic carbocycles. The van der Waals surface area contributed by atoms with Crippen LogP contribution in [0.4, 0.5) is 8.78 Å². The van der Waals surface area contributed by atoms with Gasteiger partial charge in [0.15, 0.2) is 17.4 Å². The molecule has 23 heavy (non-hydrogen) atoms. The van der Waals surface area contributed by atoms with E-state index >= 15 is 0 Å². The highest BCUT2D eigenvalue weighted by Crippen LogP contribution is 2.39. The van der Waals surface area contributed by atoms with E-state index in [1.165, 1.54) is 37.8 Å². The van der Waals surface area contributed by atoms with Crippen molar-refractivity contribution < 1.29 is 13.5 Å². The molecule has 0 atom stereocenters. The maximum Gasteiger partial charge on any atom is 0.190 e. The Hall–Kier alpha value is -1.12. The molecule has 3 heteroatoms. The Kier molecular flexibility index (Phi) is 7.32. The van der Waals surface area contributed by atoms with E-state index in [2.05, 4.69) is 13.8 Å². The average Bonchev–Trinajstić information content (AvgIpc) is 2.54. The van der Waals surface area contributed by atoms with Crippen LogP contribution >= 0.6 is 0 Å². The molecular weight excluding hydrogens is 294 g/mol. The van der Waals surface area contributed by atoms with E-state index in [4.69, 9.17) is 4.74 Å². The highest BCUT2D eigenvalue weighted by atomic mass is 19.1. The average molecular weight is 324 g/mol. The molecule has 0 aliphatic heterocycles. The second-order valence-electron chi connectivity index (χ2n) is 6.88. The van der Waals surface area contributed by atoms with Gasteiger partial charge in [0.25, 0.3) is 0 Å². The summed E-state index contributed by atoms with van der Waals surface area (Å²) in [7, 11) is 0. The van der Waals surface area contributed by atoms with Crippen molar-refractivity contribution in [3.05, 3.63) is 29.3 Å². The predicted octanol–water partition coefficient (Wildman–Crippen LogP) is 6.61. The molecule has 1 nitrogen and oxygen atoms in total. The first-order valence-corrected chi connectivity index (χ1v) is 9.27. The fraction of sp³-hybridized carbons (Fsp3) is 0.700. The summed E-state index contributed by atoms with van der Waals surface area (Å²) in [5.41, 5.74) is 0.802. The molecule has 0 N–H and O–H groups in total. The minimum Gasteiger partial charge on any atom is -0.488 e. The molecule has 0 unspecified atom stereocenters. The normalized spacial score (nSPS) is 21.4.